The molecule has 4 nitrogen and oxygen atoms in total. The van der Waals surface area contributed by atoms with Gasteiger partial charge in [0.25, 0.3) is 0 Å². The highest BCUT2D eigenvalue weighted by molar-refractivity contribution is 7.13. The molecule has 0 atom stereocenters. The summed E-state index contributed by atoms with van der Waals surface area (Å²) in [7, 11) is 0. The topological polar surface area (TPSA) is 51.6 Å². The summed E-state index contributed by atoms with van der Waals surface area (Å²) in [5, 5.41) is 4.64. The molecule has 0 saturated heterocycles. The molecule has 7 rings (SSSR count). The highest BCUT2D eigenvalue weighted by Crippen LogP contribution is 2.32. The van der Waals surface area contributed by atoms with Gasteiger partial charge in [-0.2, -0.15) is 0 Å². The number of rotatable bonds is 20. The molecule has 7 aromatic heterocycles. The van der Waals surface area contributed by atoms with Gasteiger partial charge in [0, 0.05) is 47.0 Å². The van der Waals surface area contributed by atoms with Gasteiger partial charge in [-0.3, -0.25) is 19.9 Å². The molecule has 71 heavy (non-hydrogen) atoms. The van der Waals surface area contributed by atoms with Crippen LogP contribution in [0.5, 0.6) is 0 Å². The van der Waals surface area contributed by atoms with Crippen molar-refractivity contribution in [3.8, 4) is 70.1 Å². The second kappa shape index (κ2) is 28.1. The van der Waals surface area contributed by atoms with Crippen LogP contribution in [-0.2, 0) is 38.5 Å². The quantitative estimate of drug-likeness (QED) is 0.0714. The molecule has 362 valence electrons. The third-order valence-electron chi connectivity index (χ3n) is 12.7. The van der Waals surface area contributed by atoms with Gasteiger partial charge in [0.15, 0.2) is 0 Å². The summed E-state index contributed by atoms with van der Waals surface area (Å²) in [6, 6.07) is 16.2. The minimum absolute atomic E-state index is 0.814. The van der Waals surface area contributed by atoms with Crippen molar-refractivity contribution in [2.45, 2.75) is 157 Å². The van der Waals surface area contributed by atoms with Crippen LogP contribution in [0, 0.1) is 47.4 Å². The highest BCUT2D eigenvalue weighted by atomic mass is 32.1. The molecule has 0 aliphatic carbocycles. The predicted molar refractivity (Wildman–Crippen MR) is 303 cm³/mol. The first-order valence-corrected chi connectivity index (χ1v) is 28.8. The lowest BCUT2D eigenvalue weighted by Crippen LogP contribution is -1.95. The van der Waals surface area contributed by atoms with E-state index in [-0.39, 0.29) is 0 Å². The molecule has 7 heteroatoms. The maximum atomic E-state index is 4.78. The van der Waals surface area contributed by atoms with Crippen LogP contribution in [0.2, 0.25) is 0 Å². The van der Waals surface area contributed by atoms with Crippen molar-refractivity contribution in [2.24, 2.45) is 0 Å². The summed E-state index contributed by atoms with van der Waals surface area (Å²) in [6.07, 6.45) is 28.0. The Hall–Kier alpha value is -6.06. The Bertz CT molecular complexity index is 2840. The molecule has 0 spiro atoms. The lowest BCUT2D eigenvalue weighted by molar-refractivity contribution is 0.760. The van der Waals surface area contributed by atoms with E-state index in [0.717, 1.165) is 119 Å². The van der Waals surface area contributed by atoms with Crippen molar-refractivity contribution >= 4 is 34.0 Å². The Morgan fingerprint density at radius 2 is 0.606 bits per heavy atom. The number of aromatic nitrogens is 4. The largest absolute Gasteiger partial charge is 0.253 e. The Labute approximate surface area is 437 Å². The predicted octanol–water partition coefficient (Wildman–Crippen LogP) is 16.4. The van der Waals surface area contributed by atoms with Crippen LogP contribution in [0.1, 0.15) is 194 Å². The number of hydrogen-bond acceptors (Lipinski definition) is 7. The minimum Gasteiger partial charge on any atom is -0.253 e. The average molecular weight is 989 g/mol. The van der Waals surface area contributed by atoms with Gasteiger partial charge in [-0.1, -0.05) is 127 Å². The van der Waals surface area contributed by atoms with Crippen molar-refractivity contribution in [3.05, 3.63) is 159 Å². The molecule has 0 bridgehead atoms. The molecule has 0 amide bonds. The van der Waals surface area contributed by atoms with E-state index >= 15 is 0 Å². The zero-order chi connectivity index (χ0) is 49.6. The molecule has 0 unspecified atom stereocenters. The van der Waals surface area contributed by atoms with Gasteiger partial charge >= 0.3 is 0 Å². The van der Waals surface area contributed by atoms with E-state index in [1.807, 2.05) is 73.3 Å². The second-order valence-electron chi connectivity index (χ2n) is 18.2. The lowest BCUT2D eigenvalue weighted by Gasteiger charge is -2.05. The van der Waals surface area contributed by atoms with Crippen molar-refractivity contribution < 1.29 is 0 Å². The fourth-order valence-electron chi connectivity index (χ4n) is 8.39. The summed E-state index contributed by atoms with van der Waals surface area (Å²) in [5.41, 5.74) is 15.4. The second-order valence-corrected chi connectivity index (χ2v) is 21.0. The van der Waals surface area contributed by atoms with Crippen LogP contribution < -0.4 is 0 Å². The summed E-state index contributed by atoms with van der Waals surface area (Å²) < 4.78 is 0. The highest BCUT2D eigenvalue weighted by Gasteiger charge is 2.17. The third kappa shape index (κ3) is 15.0. The molecule has 0 radical (unpaired) electrons. The maximum Gasteiger partial charge on any atom is 0.0887 e. The number of thiophene rings is 3. The van der Waals surface area contributed by atoms with Crippen molar-refractivity contribution in [3.63, 3.8) is 0 Å². The van der Waals surface area contributed by atoms with Crippen LogP contribution in [0.3, 0.4) is 0 Å². The van der Waals surface area contributed by atoms with Crippen LogP contribution in [0.4, 0.5) is 0 Å². The van der Waals surface area contributed by atoms with Crippen LogP contribution in [-0.4, -0.2) is 19.9 Å². The first-order chi connectivity index (χ1) is 34.9. The number of hydrogen-bond donors (Lipinski definition) is 0. The van der Waals surface area contributed by atoms with Crippen molar-refractivity contribution in [2.75, 3.05) is 0 Å². The Morgan fingerprint density at radius 3 is 0.887 bits per heavy atom. The van der Waals surface area contributed by atoms with Crippen molar-refractivity contribution in [1.82, 2.24) is 19.9 Å². The van der Waals surface area contributed by atoms with Crippen LogP contribution in [0.25, 0.3) is 22.8 Å². The molecule has 0 saturated carbocycles. The molecule has 0 fully saturated rings. The van der Waals surface area contributed by atoms with Crippen LogP contribution >= 0.6 is 34.0 Å². The van der Waals surface area contributed by atoms with E-state index in [1.54, 1.807) is 34.0 Å². The maximum absolute atomic E-state index is 4.78. The average Bonchev–Trinajstić information content (AvgIpc) is 4.10. The van der Waals surface area contributed by atoms with E-state index in [0.29, 0.717) is 0 Å². The van der Waals surface area contributed by atoms with E-state index in [9.17, 15) is 0 Å². The molecule has 0 aliphatic heterocycles. The van der Waals surface area contributed by atoms with E-state index in [1.165, 1.54) is 94.5 Å². The molecule has 0 aromatic carbocycles. The SMILES string of the molecule is CCCCc1csc(C#Cc2ccc(-c3ccc(C#Cc4sc(C#Cc5ccc(-c6ccc(C#Cc7scc(CCCC)c7CCCC)cn6)nc5)c(CCCC)c4CCCC)cn3)nc2)c1CCCC. The molecular weight excluding hydrogens is 921 g/mol. The van der Waals surface area contributed by atoms with Crippen molar-refractivity contribution in [1.29, 1.82) is 0 Å². The molecule has 0 N–H and O–H groups in total. The molecule has 0 aliphatic rings. The third-order valence-corrected chi connectivity index (χ3v) is 15.7. The first kappa shape index (κ1) is 52.8. The summed E-state index contributed by atoms with van der Waals surface area (Å²) in [6.45, 7) is 13.5. The first-order valence-electron chi connectivity index (χ1n) is 26.2. The zero-order valence-corrected chi connectivity index (χ0v) is 45.3. The minimum atomic E-state index is 0.814. The summed E-state index contributed by atoms with van der Waals surface area (Å²) >= 11 is 5.29. The number of nitrogens with zero attached hydrogens (tertiary/aromatic N) is 4. The van der Waals surface area contributed by atoms with Gasteiger partial charge in [-0.25, -0.2) is 0 Å². The van der Waals surface area contributed by atoms with Gasteiger partial charge in [-0.15, -0.1) is 34.0 Å². The Morgan fingerprint density at radius 1 is 0.324 bits per heavy atom. The van der Waals surface area contributed by atoms with Gasteiger partial charge in [0.1, 0.15) is 0 Å². The van der Waals surface area contributed by atoms with Gasteiger partial charge in [0.05, 0.1) is 42.3 Å². The fraction of sp³-hybridized carbons (Fsp3) is 0.375. The van der Waals surface area contributed by atoms with E-state index in [4.69, 9.17) is 19.9 Å². The number of pyridine rings is 4. The number of unbranched alkanes of at least 4 members (excludes halogenated alkanes) is 6. The summed E-state index contributed by atoms with van der Waals surface area (Å²) in [4.78, 5) is 23.7. The fourth-order valence-corrected chi connectivity index (χ4v) is 11.5. The van der Waals surface area contributed by atoms with Gasteiger partial charge in [0.2, 0.25) is 0 Å². The van der Waals surface area contributed by atoms with E-state index in [2.05, 4.69) is 99.7 Å². The molecule has 7 heterocycles. The van der Waals surface area contributed by atoms with Gasteiger partial charge in [-0.05, 0) is 170 Å². The zero-order valence-electron chi connectivity index (χ0n) is 42.8. The Kier molecular flexibility index (Phi) is 20.9. The van der Waals surface area contributed by atoms with E-state index < -0.39 is 0 Å². The summed E-state index contributed by atoms with van der Waals surface area (Å²) in [5.74, 6) is 27.7. The molecule has 7 aromatic rings. The monoisotopic (exact) mass is 988 g/mol. The number of aryl methyl sites for hydroxylation is 2. The Balaban J connectivity index is 1.04. The normalized spacial score (nSPS) is 10.7. The molecular formula is C64H68N4S3. The standard InChI is InChI=1S/C64H68N4S3/c1-7-13-19-51-45-69-61(53(51)21-15-9-3)37-29-47-25-33-57(65-41-47)59-35-27-49(43-67-59)31-39-63-55(23-17-11-5)56(24-18-12-6)64(71-63)40-32-50-28-36-60(68-44-50)58-34-26-48(42-66-58)30-38-62-54(22-16-10-4)52(46-70-62)20-14-8-2/h25-28,33-36,41-46H,7-24H2,1-6H3. The smallest absolute Gasteiger partial charge is 0.0887 e. The lowest BCUT2D eigenvalue weighted by atomic mass is 9.98. The van der Waals surface area contributed by atoms with Gasteiger partial charge < -0.3 is 0 Å². The van der Waals surface area contributed by atoms with Crippen LogP contribution in [0.15, 0.2) is 84.1 Å².